The van der Waals surface area contributed by atoms with Gasteiger partial charge in [0.05, 0.1) is 18.7 Å². The fourth-order valence-electron chi connectivity index (χ4n) is 15.7. The normalized spacial score (nSPS) is 23.1. The molecule has 684 valence electrons. The predicted molar refractivity (Wildman–Crippen MR) is 481 cm³/mol. The van der Waals surface area contributed by atoms with Crippen LogP contribution >= 0.6 is 23.4 Å². The van der Waals surface area contributed by atoms with Gasteiger partial charge in [0, 0.05) is 101 Å². The van der Waals surface area contributed by atoms with Crippen LogP contribution in [0.5, 0.6) is 11.5 Å². The van der Waals surface area contributed by atoms with Crippen LogP contribution in [0.15, 0.2) is 164 Å². The Balaban J connectivity index is 1.11. The molecule has 9 rings (SSSR count). The first kappa shape index (κ1) is 98.9. The van der Waals surface area contributed by atoms with E-state index in [-0.39, 0.29) is 93.9 Å². The minimum absolute atomic E-state index is 0.0352. The minimum Gasteiger partial charge on any atom is -0.508 e. The largest absolute Gasteiger partial charge is 0.508 e. The molecule has 3 heterocycles. The van der Waals surface area contributed by atoms with Crippen molar-refractivity contribution in [1.29, 1.82) is 0 Å². The van der Waals surface area contributed by atoms with Crippen LogP contribution in [0.25, 0.3) is 10.9 Å². The molecule has 0 unspecified atom stereocenters. The number of fused-ring (bicyclic) bond motifs is 2. The molecule has 0 radical (unpaired) electrons. The fraction of sp³-hybridized carbons (Fsp3) is 0.430. The number of thioether (sulfide) groups is 1. The number of nitrogens with two attached hydrogens (primary N) is 1. The van der Waals surface area contributed by atoms with Crippen LogP contribution in [0.3, 0.4) is 0 Å². The third kappa shape index (κ3) is 28.1. The number of halogens is 1. The Morgan fingerprint density at radius 2 is 1.01 bits per heavy atom. The SMILES string of the molecule is CCCC[C@H]1C(=O)N(C)CC(=O)N[C@@H](CC(=O)O)C(=O)N[C@@H](C(C)C)C(=O)N(C)[C@@H](Cc2ccccc2)C(=O)N[C@@H](Cc2ccc(O)cc2)C(=O)N2CCC[C@@H]2C(=O)N[C@@H](Cc2c[nH]c3ccccc23)C(=O)N[C@@H](Cc2ccc(O)cc2)C(=O)N[C@@H](CC(C)C)C(=O)N[C@H](C(N)=O)CSCC(=O)N[C@@H](Cc2cccc(Cl)c2)C(=O)N(C)[C@@H](Cc2ccccc2)C(=O)N1C. The van der Waals surface area contributed by atoms with Gasteiger partial charge in [-0.25, -0.2) is 0 Å². The molecule has 14 amide bonds. The fourth-order valence-corrected chi connectivity index (χ4v) is 16.8. The molecule has 1 aromatic heterocycles. The molecule has 0 spiro atoms. The third-order valence-electron chi connectivity index (χ3n) is 22.8. The van der Waals surface area contributed by atoms with Crippen LogP contribution in [0, 0.1) is 11.8 Å². The molecule has 128 heavy (non-hydrogen) atoms. The van der Waals surface area contributed by atoms with Crippen molar-refractivity contribution in [3.05, 3.63) is 202 Å². The minimum atomic E-state index is -1.90. The maximum atomic E-state index is 15.7. The number of H-pyrrole nitrogens is 1. The Hall–Kier alpha value is -12.9. The van der Waals surface area contributed by atoms with Gasteiger partial charge in [0.25, 0.3) is 0 Å². The first-order chi connectivity index (χ1) is 61.0. The summed E-state index contributed by atoms with van der Waals surface area (Å²) in [5.74, 6) is -16.0. The molecular formula is C93H116ClN15O18S. The number of aromatic amines is 1. The van der Waals surface area contributed by atoms with Gasteiger partial charge in [0.1, 0.15) is 84.0 Å². The number of carboxylic acid groups (broad SMARTS) is 1. The van der Waals surface area contributed by atoms with Crippen molar-refractivity contribution in [1.82, 2.24) is 72.0 Å². The smallest absolute Gasteiger partial charge is 0.305 e. The molecule has 12 atom stereocenters. The van der Waals surface area contributed by atoms with E-state index in [9.17, 15) is 48.9 Å². The van der Waals surface area contributed by atoms with Gasteiger partial charge in [-0.15, -0.1) is 11.8 Å². The second kappa shape index (κ2) is 47.1. The predicted octanol–water partition coefficient (Wildman–Crippen LogP) is 4.40. The van der Waals surface area contributed by atoms with Gasteiger partial charge in [-0.2, -0.15) is 0 Å². The number of para-hydroxylation sites is 1. The third-order valence-corrected chi connectivity index (χ3v) is 24.0. The quantitative estimate of drug-likeness (QED) is 0.0474. The maximum absolute atomic E-state index is 15.7. The zero-order valence-electron chi connectivity index (χ0n) is 73.3. The van der Waals surface area contributed by atoms with E-state index in [1.165, 1.54) is 86.5 Å². The first-order valence-electron chi connectivity index (χ1n) is 42.8. The van der Waals surface area contributed by atoms with Gasteiger partial charge in [0.15, 0.2) is 0 Å². The summed E-state index contributed by atoms with van der Waals surface area (Å²) in [4.78, 5) is 232. The molecule has 6 aromatic carbocycles. The molecule has 2 aliphatic rings. The number of hydrogen-bond donors (Lipinski definition) is 13. The van der Waals surface area contributed by atoms with Crippen molar-refractivity contribution in [2.45, 2.75) is 191 Å². The number of rotatable bonds is 21. The van der Waals surface area contributed by atoms with Crippen molar-refractivity contribution >= 4 is 123 Å². The topological polar surface area (TPSA) is 471 Å². The number of benzene rings is 6. The second-order valence-electron chi connectivity index (χ2n) is 33.4. The molecule has 14 N–H and O–H groups in total. The highest BCUT2D eigenvalue weighted by Crippen LogP contribution is 2.27. The number of carboxylic acids is 1. The molecule has 0 bridgehead atoms. The monoisotopic (exact) mass is 1800 g/mol. The molecule has 7 aromatic rings. The zero-order valence-corrected chi connectivity index (χ0v) is 74.8. The van der Waals surface area contributed by atoms with Crippen LogP contribution in [0.4, 0.5) is 0 Å². The first-order valence-corrected chi connectivity index (χ1v) is 44.3. The van der Waals surface area contributed by atoms with Gasteiger partial charge < -0.3 is 93.1 Å². The summed E-state index contributed by atoms with van der Waals surface area (Å²) in [7, 11) is 5.31. The van der Waals surface area contributed by atoms with Crippen LogP contribution in [0.1, 0.15) is 113 Å². The van der Waals surface area contributed by atoms with Gasteiger partial charge in [0.2, 0.25) is 82.7 Å². The highest BCUT2D eigenvalue weighted by molar-refractivity contribution is 8.00. The summed E-state index contributed by atoms with van der Waals surface area (Å²) >= 11 is 7.34. The Morgan fingerprint density at radius 1 is 0.500 bits per heavy atom. The number of likely N-dealkylation sites (N-methyl/N-ethyl adjacent to an activating group) is 4. The zero-order chi connectivity index (χ0) is 93.2. The summed E-state index contributed by atoms with van der Waals surface area (Å²) in [6.45, 7) is 7.70. The highest BCUT2D eigenvalue weighted by Gasteiger charge is 2.44. The van der Waals surface area contributed by atoms with Crippen LogP contribution in [-0.2, 0) is 110 Å². The number of amides is 14. The number of hydrogen-bond acceptors (Lipinski definition) is 18. The van der Waals surface area contributed by atoms with Crippen molar-refractivity contribution < 1.29 is 87.2 Å². The van der Waals surface area contributed by atoms with Crippen LogP contribution in [-0.4, -0.2) is 259 Å². The van der Waals surface area contributed by atoms with Crippen LogP contribution in [0.2, 0.25) is 5.02 Å². The summed E-state index contributed by atoms with van der Waals surface area (Å²) in [5.41, 5.74) is 9.68. The summed E-state index contributed by atoms with van der Waals surface area (Å²) in [6, 6.07) is 24.5. The number of unbranched alkanes of at least 4 members (excludes halogenated alkanes) is 1. The van der Waals surface area contributed by atoms with E-state index in [2.05, 4.69) is 47.5 Å². The molecule has 2 saturated heterocycles. The van der Waals surface area contributed by atoms with E-state index in [4.69, 9.17) is 17.3 Å². The van der Waals surface area contributed by atoms with Gasteiger partial charge in [-0.3, -0.25) is 71.9 Å². The number of carbonyl (C=O) groups is 15. The lowest BCUT2D eigenvalue weighted by atomic mass is 9.98. The lowest BCUT2D eigenvalue weighted by Crippen LogP contribution is -2.62. The van der Waals surface area contributed by atoms with Crippen molar-refractivity contribution in [3.63, 3.8) is 0 Å². The number of aromatic nitrogens is 1. The van der Waals surface area contributed by atoms with E-state index >= 15 is 38.4 Å². The Bertz CT molecular complexity index is 5080. The van der Waals surface area contributed by atoms with Gasteiger partial charge in [-0.05, 0) is 113 Å². The average Bonchev–Trinajstić information content (AvgIpc) is 1.02. The van der Waals surface area contributed by atoms with Crippen molar-refractivity contribution in [2.75, 3.05) is 52.8 Å². The van der Waals surface area contributed by atoms with E-state index in [0.29, 0.717) is 62.1 Å². The van der Waals surface area contributed by atoms with E-state index in [1.807, 2.05) is 6.92 Å². The second-order valence-corrected chi connectivity index (χ2v) is 34.8. The number of nitrogens with one attached hydrogen (secondary N) is 9. The van der Waals surface area contributed by atoms with Gasteiger partial charge in [-0.1, -0.05) is 174 Å². The molecule has 2 fully saturated rings. The van der Waals surface area contributed by atoms with E-state index in [0.717, 1.165) is 26.5 Å². The summed E-state index contributed by atoms with van der Waals surface area (Å²) < 4.78 is 0. The summed E-state index contributed by atoms with van der Waals surface area (Å²) in [5, 5.41) is 53.9. The number of carbonyl (C=O) groups excluding carboxylic acids is 14. The van der Waals surface area contributed by atoms with Crippen LogP contribution < -0.4 is 48.3 Å². The standard InChI is InChI=1S/C93H116ClN15O18S/c1-10-11-30-75-91(125)105(6)51-78(112)97-70(49-80(114)115)86(120)104-81(55(4)5)93(127)107(8)76(46-56-22-14-12-15-23-56)88(122)102-72(44-59-34-38-64(111)39-35-59)90(124)109-40-21-31-74(109)87(121)101-69(48-61-50-96-66-29-19-18-28-65(61)66)85(119)100-68(43-58-32-36-63(110)37-33-58)84(118)99-67(41-54(2)3)83(117)103-73(82(95)116)52-128-53-79(113)98-71(45-60-26-20-27-62(94)42-60)89(123)108(9)77(92(126)106(75)7)47-57-24-16-13-17-25-57/h12-20,22-29,32-39,42,50,54-55,67-77,81,96,110-111H,10-11,21,30-31,40-41,43-49,51-53H2,1-9H3,(H2,95,116)(H,97,112)(H,98,113)(H,99,118)(H,100,119)(H,101,121)(H,102,122)(H,103,117)(H,104,120)(H,114,115)/t67-,68-,69-,70-,71-,72-,73-,74+,75-,76-,77-,81-/m0/s1. The van der Waals surface area contributed by atoms with E-state index in [1.54, 1.807) is 143 Å². The Labute approximate surface area is 752 Å². The molecule has 33 nitrogen and oxygen atoms in total. The molecule has 0 aliphatic carbocycles. The highest BCUT2D eigenvalue weighted by atomic mass is 35.5. The Morgan fingerprint density at radius 3 is 1.60 bits per heavy atom. The number of primary amides is 1. The number of phenols is 2. The van der Waals surface area contributed by atoms with Gasteiger partial charge >= 0.3 is 5.97 Å². The van der Waals surface area contributed by atoms with Crippen molar-refractivity contribution in [3.8, 4) is 11.5 Å². The maximum Gasteiger partial charge on any atom is 0.305 e. The number of nitrogens with zero attached hydrogens (tertiary/aromatic N) is 5. The lowest BCUT2D eigenvalue weighted by Gasteiger charge is -2.37. The number of aromatic hydroxyl groups is 2. The summed E-state index contributed by atoms with van der Waals surface area (Å²) in [6.07, 6.45) is 0.560. The molecule has 35 heteroatoms. The Kier molecular flexibility index (Phi) is 36.4. The van der Waals surface area contributed by atoms with Crippen molar-refractivity contribution in [2.24, 2.45) is 17.6 Å². The average molecular weight is 1800 g/mol. The molecule has 0 saturated carbocycles. The lowest BCUT2D eigenvalue weighted by molar-refractivity contribution is -0.151. The molecular weight excluding hydrogens is 1680 g/mol. The molecule has 2 aliphatic heterocycles. The van der Waals surface area contributed by atoms with E-state index < -0.39 is 186 Å². The number of phenolic OH excluding ortho intramolecular Hbond substituents is 2. The number of aliphatic carboxylic acids is 1.